The highest BCUT2D eigenvalue weighted by molar-refractivity contribution is 9.09. The van der Waals surface area contributed by atoms with Gasteiger partial charge in [-0.25, -0.2) is 13.1 Å². The van der Waals surface area contributed by atoms with E-state index < -0.39 is 25.7 Å². The van der Waals surface area contributed by atoms with Crippen LogP contribution in [0, 0.1) is 10.1 Å². The first kappa shape index (κ1) is 16.6. The van der Waals surface area contributed by atoms with Crippen LogP contribution in [0.5, 0.6) is 0 Å². The summed E-state index contributed by atoms with van der Waals surface area (Å²) in [7, 11) is -3.90. The smallest absolute Gasteiger partial charge is 0.258 e. The molecule has 0 atom stereocenters. The van der Waals surface area contributed by atoms with Gasteiger partial charge in [0.15, 0.2) is 0 Å². The second-order valence-corrected chi connectivity index (χ2v) is 6.72. The highest BCUT2D eigenvalue weighted by atomic mass is 79.9. The maximum absolute atomic E-state index is 11.9. The summed E-state index contributed by atoms with van der Waals surface area (Å²) in [5.41, 5.74) is -0.619. The van der Waals surface area contributed by atoms with Crippen molar-refractivity contribution in [3.8, 4) is 0 Å². The topological polar surface area (TPSA) is 89.3 Å². The fourth-order valence-corrected chi connectivity index (χ4v) is 3.49. The number of nitro groups is 1. The zero-order valence-electron chi connectivity index (χ0n) is 9.40. The molecule has 106 valence electrons. The number of hydrogen-bond donors (Lipinski definition) is 1. The summed E-state index contributed by atoms with van der Waals surface area (Å²) in [5.74, 6) is 0. The zero-order valence-corrected chi connectivity index (χ0v) is 13.3. The van der Waals surface area contributed by atoms with Crippen molar-refractivity contribution >= 4 is 54.8 Å². The van der Waals surface area contributed by atoms with Crippen LogP contribution in [-0.2, 0) is 10.0 Å². The van der Waals surface area contributed by atoms with E-state index in [2.05, 4.69) is 20.7 Å². The Kier molecular flexibility index (Phi) is 6.00. The summed E-state index contributed by atoms with van der Waals surface area (Å²) in [6.07, 6.45) is 0.576. The number of halogens is 3. The van der Waals surface area contributed by atoms with Gasteiger partial charge in [0, 0.05) is 11.9 Å². The van der Waals surface area contributed by atoms with Crippen molar-refractivity contribution in [2.75, 3.05) is 11.9 Å². The van der Waals surface area contributed by atoms with Crippen LogP contribution >= 0.6 is 39.1 Å². The van der Waals surface area contributed by atoms with Crippen LogP contribution in [0.4, 0.5) is 5.69 Å². The summed E-state index contributed by atoms with van der Waals surface area (Å²) in [6.45, 7) is 0.195. The van der Waals surface area contributed by atoms with Gasteiger partial charge >= 0.3 is 5.69 Å². The van der Waals surface area contributed by atoms with Gasteiger partial charge in [0.05, 0.1) is 4.92 Å². The molecule has 1 aromatic rings. The molecule has 0 heterocycles. The van der Waals surface area contributed by atoms with Gasteiger partial charge in [-0.3, -0.25) is 10.1 Å². The molecule has 0 amide bonds. The predicted molar refractivity (Wildman–Crippen MR) is 76.7 cm³/mol. The molecule has 0 bridgehead atoms. The third-order valence-corrected chi connectivity index (χ3v) is 4.97. The van der Waals surface area contributed by atoms with E-state index in [1.807, 2.05) is 0 Å². The lowest BCUT2D eigenvalue weighted by Gasteiger charge is -2.08. The van der Waals surface area contributed by atoms with E-state index >= 15 is 0 Å². The Morgan fingerprint density at radius 2 is 2.00 bits per heavy atom. The van der Waals surface area contributed by atoms with Crippen LogP contribution in [0.2, 0.25) is 10.0 Å². The largest absolute Gasteiger partial charge is 0.307 e. The molecule has 1 rings (SSSR count). The van der Waals surface area contributed by atoms with E-state index in [-0.39, 0.29) is 16.5 Å². The van der Waals surface area contributed by atoms with Gasteiger partial charge in [-0.15, -0.1) is 0 Å². The SMILES string of the molecule is O=[N+]([O-])c1c(Cl)ccc(S(=O)(=O)NCCCBr)c1Cl. The molecule has 0 saturated carbocycles. The molecule has 0 radical (unpaired) electrons. The Balaban J connectivity index is 3.21. The second kappa shape index (κ2) is 6.85. The maximum atomic E-state index is 11.9. The number of nitrogens with zero attached hydrogens (tertiary/aromatic N) is 1. The molecule has 0 aliphatic heterocycles. The molecule has 19 heavy (non-hydrogen) atoms. The van der Waals surface area contributed by atoms with Crippen molar-refractivity contribution in [3.05, 3.63) is 32.3 Å². The lowest BCUT2D eigenvalue weighted by Crippen LogP contribution is -2.25. The van der Waals surface area contributed by atoms with Gasteiger partial charge in [-0.05, 0) is 18.6 Å². The van der Waals surface area contributed by atoms with E-state index in [9.17, 15) is 18.5 Å². The summed E-state index contributed by atoms with van der Waals surface area (Å²) in [6, 6.07) is 2.26. The fourth-order valence-electron chi connectivity index (χ4n) is 1.25. The molecular formula is C9H9BrCl2N2O4S. The van der Waals surface area contributed by atoms with Crippen LogP contribution in [0.3, 0.4) is 0 Å². The second-order valence-electron chi connectivity index (χ2n) is 3.41. The lowest BCUT2D eigenvalue weighted by atomic mass is 10.3. The molecule has 6 nitrogen and oxygen atoms in total. The normalized spacial score (nSPS) is 11.5. The summed E-state index contributed by atoms with van der Waals surface area (Å²) in [5, 5.41) is 10.7. The van der Waals surface area contributed by atoms with Crippen LogP contribution < -0.4 is 4.72 Å². The van der Waals surface area contributed by atoms with Crippen LogP contribution in [0.15, 0.2) is 17.0 Å². The van der Waals surface area contributed by atoms with Crippen molar-refractivity contribution < 1.29 is 13.3 Å². The quantitative estimate of drug-likeness (QED) is 0.349. The zero-order chi connectivity index (χ0) is 14.6. The highest BCUT2D eigenvalue weighted by Gasteiger charge is 2.27. The summed E-state index contributed by atoms with van der Waals surface area (Å²) >= 11 is 14.5. The van der Waals surface area contributed by atoms with Gasteiger partial charge < -0.3 is 0 Å². The Labute approximate surface area is 128 Å². The number of rotatable bonds is 6. The van der Waals surface area contributed by atoms with Gasteiger partial charge in [0.2, 0.25) is 10.0 Å². The lowest BCUT2D eigenvalue weighted by molar-refractivity contribution is -0.384. The van der Waals surface area contributed by atoms with Gasteiger partial charge in [-0.2, -0.15) is 0 Å². The first-order chi connectivity index (χ1) is 8.81. The summed E-state index contributed by atoms with van der Waals surface area (Å²) in [4.78, 5) is 9.62. The Morgan fingerprint density at radius 3 is 2.53 bits per heavy atom. The molecule has 0 fully saturated rings. The molecule has 10 heteroatoms. The minimum Gasteiger partial charge on any atom is -0.258 e. The fraction of sp³-hybridized carbons (Fsp3) is 0.333. The van der Waals surface area contributed by atoms with Crippen molar-refractivity contribution in [1.29, 1.82) is 0 Å². The van der Waals surface area contributed by atoms with E-state index in [0.717, 1.165) is 12.1 Å². The average Bonchev–Trinajstić information content (AvgIpc) is 2.28. The average molecular weight is 392 g/mol. The minimum absolute atomic E-state index is 0.195. The number of sulfonamides is 1. The van der Waals surface area contributed by atoms with Crippen LogP contribution in [0.25, 0.3) is 0 Å². The molecule has 0 aromatic heterocycles. The Morgan fingerprint density at radius 1 is 1.37 bits per heavy atom. The van der Waals surface area contributed by atoms with Crippen molar-refractivity contribution in [1.82, 2.24) is 4.72 Å². The van der Waals surface area contributed by atoms with Crippen molar-refractivity contribution in [2.45, 2.75) is 11.3 Å². The third kappa shape index (κ3) is 4.03. The van der Waals surface area contributed by atoms with Crippen LogP contribution in [0.1, 0.15) is 6.42 Å². The molecule has 0 unspecified atom stereocenters. The molecule has 0 spiro atoms. The minimum atomic E-state index is -3.90. The third-order valence-electron chi connectivity index (χ3n) is 2.11. The number of benzene rings is 1. The Hall–Kier alpha value is -0.410. The highest BCUT2D eigenvalue weighted by Crippen LogP contribution is 2.36. The maximum Gasteiger partial charge on any atom is 0.307 e. The number of alkyl halides is 1. The predicted octanol–water partition coefficient (Wildman–Crippen LogP) is 2.96. The number of nitro benzene ring substituents is 1. The van der Waals surface area contributed by atoms with E-state index in [0.29, 0.717) is 11.8 Å². The van der Waals surface area contributed by atoms with Crippen LogP contribution in [-0.4, -0.2) is 25.2 Å². The standard InChI is InChI=1S/C9H9BrCl2N2O4S/c10-4-1-5-13-19(17,18)7-3-2-6(11)9(8(7)12)14(15)16/h2-3,13H,1,4-5H2. The molecule has 0 aliphatic rings. The monoisotopic (exact) mass is 390 g/mol. The number of nitrogens with one attached hydrogen (secondary N) is 1. The Bertz CT molecular complexity index is 594. The molecule has 1 N–H and O–H groups in total. The first-order valence-electron chi connectivity index (χ1n) is 4.99. The van der Waals surface area contributed by atoms with E-state index in [4.69, 9.17) is 23.2 Å². The first-order valence-corrected chi connectivity index (χ1v) is 8.35. The molecule has 0 aliphatic carbocycles. The molecule has 1 aromatic carbocycles. The van der Waals surface area contributed by atoms with Gasteiger partial charge in [0.1, 0.15) is 14.9 Å². The number of hydrogen-bond acceptors (Lipinski definition) is 4. The van der Waals surface area contributed by atoms with Gasteiger partial charge in [-0.1, -0.05) is 39.1 Å². The van der Waals surface area contributed by atoms with Gasteiger partial charge in [0.25, 0.3) is 0 Å². The van der Waals surface area contributed by atoms with E-state index in [1.165, 1.54) is 0 Å². The summed E-state index contributed by atoms with van der Waals surface area (Å²) < 4.78 is 26.2. The molecule has 0 saturated heterocycles. The van der Waals surface area contributed by atoms with Crippen molar-refractivity contribution in [3.63, 3.8) is 0 Å². The van der Waals surface area contributed by atoms with E-state index in [1.54, 1.807) is 0 Å². The van der Waals surface area contributed by atoms with Crippen molar-refractivity contribution in [2.24, 2.45) is 0 Å². The molecular weight excluding hydrogens is 383 g/mol.